The monoisotopic (exact) mass is 466 g/mol. The Bertz CT molecular complexity index is 1090. The molecule has 34 heavy (non-hydrogen) atoms. The summed E-state index contributed by atoms with van der Waals surface area (Å²) in [5, 5.41) is 2.87. The Balaban J connectivity index is 1.46. The van der Waals surface area contributed by atoms with Gasteiger partial charge in [-0.25, -0.2) is 0 Å². The molecule has 0 aliphatic carbocycles. The van der Waals surface area contributed by atoms with Gasteiger partial charge in [0.1, 0.15) is 17.5 Å². The van der Waals surface area contributed by atoms with Crippen LogP contribution in [0.15, 0.2) is 36.4 Å². The second-order valence-electron chi connectivity index (χ2n) is 8.75. The van der Waals surface area contributed by atoms with E-state index in [0.29, 0.717) is 35.9 Å². The van der Waals surface area contributed by atoms with E-state index >= 15 is 0 Å². The van der Waals surface area contributed by atoms with E-state index in [2.05, 4.69) is 5.32 Å². The average Bonchev–Trinajstić information content (AvgIpc) is 3.36. The second kappa shape index (κ2) is 10.3. The molecule has 1 saturated heterocycles. The number of nitrogens with one attached hydrogen (secondary N) is 1. The molecular weight excluding hydrogens is 436 g/mol. The van der Waals surface area contributed by atoms with Gasteiger partial charge in [0, 0.05) is 18.7 Å². The summed E-state index contributed by atoms with van der Waals surface area (Å²) in [7, 11) is 0. The van der Waals surface area contributed by atoms with Crippen molar-refractivity contribution in [1.29, 1.82) is 0 Å². The minimum Gasteiger partial charge on any atom is -0.485 e. The number of rotatable bonds is 8. The van der Waals surface area contributed by atoms with Crippen molar-refractivity contribution in [2.75, 3.05) is 31.3 Å². The van der Waals surface area contributed by atoms with E-state index in [1.54, 1.807) is 25.1 Å². The number of amides is 2. The molecule has 2 aliphatic heterocycles. The normalized spacial score (nSPS) is 18.1. The molecule has 8 nitrogen and oxygen atoms in total. The third kappa shape index (κ3) is 5.22. The highest BCUT2D eigenvalue weighted by Gasteiger charge is 2.34. The van der Waals surface area contributed by atoms with Crippen molar-refractivity contribution in [3.8, 4) is 11.5 Å². The van der Waals surface area contributed by atoms with Gasteiger partial charge in [0.25, 0.3) is 5.91 Å². The molecule has 0 aromatic heterocycles. The number of hydrogen-bond donors (Lipinski definition) is 1. The first-order valence-corrected chi connectivity index (χ1v) is 11.5. The fourth-order valence-corrected chi connectivity index (χ4v) is 4.09. The van der Waals surface area contributed by atoms with Gasteiger partial charge in [-0.2, -0.15) is 0 Å². The third-order valence-corrected chi connectivity index (χ3v) is 6.30. The summed E-state index contributed by atoms with van der Waals surface area (Å²) >= 11 is 0. The Morgan fingerprint density at radius 3 is 2.74 bits per heavy atom. The third-order valence-electron chi connectivity index (χ3n) is 6.30. The van der Waals surface area contributed by atoms with Crippen LogP contribution in [0.2, 0.25) is 0 Å². The molecule has 0 bridgehead atoms. The number of carbonyl (C=O) groups is 3. The van der Waals surface area contributed by atoms with Crippen LogP contribution >= 0.6 is 0 Å². The minimum absolute atomic E-state index is 0.00497. The van der Waals surface area contributed by atoms with E-state index in [1.807, 2.05) is 32.0 Å². The van der Waals surface area contributed by atoms with Crippen molar-refractivity contribution in [2.45, 2.75) is 45.8 Å². The minimum atomic E-state index is -0.770. The lowest BCUT2D eigenvalue weighted by Gasteiger charge is -2.33. The SMILES string of the molecule is Cc1ccc(OCC(=O)c2ccc3c(c2)N([C@@H](C)C(=O)NC[C@@H]2CCCO2)C(=O)CO3)cc1C. The molecular formula is C26H30N2O6. The Labute approximate surface area is 199 Å². The van der Waals surface area contributed by atoms with Crippen molar-refractivity contribution >= 4 is 23.3 Å². The zero-order valence-electron chi connectivity index (χ0n) is 19.8. The first-order valence-electron chi connectivity index (χ1n) is 11.5. The maximum absolute atomic E-state index is 12.8. The zero-order chi connectivity index (χ0) is 24.2. The summed E-state index contributed by atoms with van der Waals surface area (Å²) < 4.78 is 16.8. The second-order valence-corrected chi connectivity index (χ2v) is 8.75. The van der Waals surface area contributed by atoms with E-state index in [-0.39, 0.29) is 36.9 Å². The van der Waals surface area contributed by atoms with Crippen molar-refractivity contribution in [3.05, 3.63) is 53.1 Å². The number of Topliss-reactive ketones (excluding diaryl/α,β-unsaturated/α-hetero) is 1. The number of ketones is 1. The highest BCUT2D eigenvalue weighted by Crippen LogP contribution is 2.34. The number of nitrogens with zero attached hydrogens (tertiary/aromatic N) is 1. The standard InChI is InChI=1S/C26H30N2O6/c1-16-6-8-20(11-17(16)2)33-14-23(29)19-7-9-24-22(12-19)28(25(30)15-34-24)18(3)26(31)27-13-21-5-4-10-32-21/h6-9,11-12,18,21H,4-5,10,13-15H2,1-3H3,(H,27,31)/t18-,21-/m0/s1. The molecule has 1 fully saturated rings. The largest absolute Gasteiger partial charge is 0.485 e. The maximum Gasteiger partial charge on any atom is 0.265 e. The molecule has 4 rings (SSSR count). The molecule has 2 aromatic carbocycles. The van der Waals surface area contributed by atoms with Crippen molar-refractivity contribution in [2.24, 2.45) is 0 Å². The van der Waals surface area contributed by atoms with E-state index in [9.17, 15) is 14.4 Å². The highest BCUT2D eigenvalue weighted by atomic mass is 16.5. The predicted molar refractivity (Wildman–Crippen MR) is 127 cm³/mol. The van der Waals surface area contributed by atoms with Gasteiger partial charge < -0.3 is 19.5 Å². The van der Waals surface area contributed by atoms with E-state index in [0.717, 1.165) is 24.0 Å². The number of aryl methyl sites for hydroxylation is 2. The smallest absolute Gasteiger partial charge is 0.265 e. The van der Waals surface area contributed by atoms with Crippen LogP contribution in [0.25, 0.3) is 0 Å². The number of fused-ring (bicyclic) bond motifs is 1. The lowest BCUT2D eigenvalue weighted by molar-refractivity contribution is -0.127. The number of ether oxygens (including phenoxy) is 3. The average molecular weight is 467 g/mol. The van der Waals surface area contributed by atoms with Gasteiger partial charge in [0.2, 0.25) is 5.91 Å². The molecule has 2 atom stereocenters. The van der Waals surface area contributed by atoms with Gasteiger partial charge in [-0.15, -0.1) is 0 Å². The summed E-state index contributed by atoms with van der Waals surface area (Å²) in [6, 6.07) is 9.76. The predicted octanol–water partition coefficient (Wildman–Crippen LogP) is 2.97. The van der Waals surface area contributed by atoms with Crippen LogP contribution in [0.3, 0.4) is 0 Å². The molecule has 180 valence electrons. The lowest BCUT2D eigenvalue weighted by Crippen LogP contribution is -2.52. The summed E-state index contributed by atoms with van der Waals surface area (Å²) in [4.78, 5) is 39.7. The molecule has 2 heterocycles. The van der Waals surface area contributed by atoms with Crippen molar-refractivity contribution in [3.63, 3.8) is 0 Å². The Hall–Kier alpha value is -3.39. The van der Waals surface area contributed by atoms with Crippen LogP contribution in [0, 0.1) is 13.8 Å². The van der Waals surface area contributed by atoms with Crippen LogP contribution in [0.4, 0.5) is 5.69 Å². The van der Waals surface area contributed by atoms with Gasteiger partial charge in [-0.05, 0) is 75.1 Å². The molecule has 8 heteroatoms. The molecule has 0 saturated carbocycles. The molecule has 2 amide bonds. The van der Waals surface area contributed by atoms with Crippen LogP contribution in [-0.2, 0) is 14.3 Å². The van der Waals surface area contributed by atoms with Gasteiger partial charge in [-0.3, -0.25) is 19.3 Å². The summed E-state index contributed by atoms with van der Waals surface area (Å²) in [5.74, 6) is 0.195. The Kier molecular flexibility index (Phi) is 7.17. The number of anilines is 1. The number of carbonyl (C=O) groups excluding carboxylic acids is 3. The van der Waals surface area contributed by atoms with E-state index < -0.39 is 6.04 Å². The summed E-state index contributed by atoms with van der Waals surface area (Å²) in [6.07, 6.45) is 1.89. The van der Waals surface area contributed by atoms with Crippen molar-refractivity contribution < 1.29 is 28.6 Å². The first-order chi connectivity index (χ1) is 16.3. The number of hydrogen-bond acceptors (Lipinski definition) is 6. The number of benzene rings is 2. The quantitative estimate of drug-likeness (QED) is 0.601. The molecule has 0 radical (unpaired) electrons. The topological polar surface area (TPSA) is 94.2 Å². The molecule has 0 unspecified atom stereocenters. The fourth-order valence-electron chi connectivity index (χ4n) is 4.09. The summed E-state index contributed by atoms with van der Waals surface area (Å²) in [5.41, 5.74) is 3.00. The summed E-state index contributed by atoms with van der Waals surface area (Å²) in [6.45, 7) is 6.45. The van der Waals surface area contributed by atoms with E-state index in [1.165, 1.54) is 4.90 Å². The zero-order valence-corrected chi connectivity index (χ0v) is 19.8. The van der Waals surface area contributed by atoms with Crippen LogP contribution in [0.1, 0.15) is 41.3 Å². The molecule has 1 N–H and O–H groups in total. The fraction of sp³-hybridized carbons (Fsp3) is 0.423. The van der Waals surface area contributed by atoms with Crippen LogP contribution in [-0.4, -0.2) is 56.1 Å². The van der Waals surface area contributed by atoms with Crippen LogP contribution < -0.4 is 19.7 Å². The van der Waals surface area contributed by atoms with Crippen molar-refractivity contribution in [1.82, 2.24) is 5.32 Å². The lowest BCUT2D eigenvalue weighted by atomic mass is 10.1. The van der Waals surface area contributed by atoms with Gasteiger partial charge in [0.15, 0.2) is 19.0 Å². The maximum atomic E-state index is 12.8. The first kappa shape index (κ1) is 23.8. The molecule has 2 aromatic rings. The van der Waals surface area contributed by atoms with Gasteiger partial charge >= 0.3 is 0 Å². The Morgan fingerprint density at radius 1 is 1.18 bits per heavy atom. The Morgan fingerprint density at radius 2 is 2.00 bits per heavy atom. The van der Waals surface area contributed by atoms with Gasteiger partial charge in [0.05, 0.1) is 11.8 Å². The van der Waals surface area contributed by atoms with E-state index in [4.69, 9.17) is 14.2 Å². The van der Waals surface area contributed by atoms with Crippen LogP contribution in [0.5, 0.6) is 11.5 Å². The van der Waals surface area contributed by atoms with Gasteiger partial charge in [-0.1, -0.05) is 6.07 Å². The molecule has 0 spiro atoms. The molecule has 2 aliphatic rings. The highest BCUT2D eigenvalue weighted by molar-refractivity contribution is 6.05.